The number of carbonyl (C=O) groups is 1. The molecule has 10 heteroatoms. The molecule has 1 N–H and O–H groups in total. The van der Waals surface area contributed by atoms with E-state index in [4.69, 9.17) is 9.47 Å². The number of benzene rings is 1. The third-order valence-electron chi connectivity index (χ3n) is 5.35. The maximum absolute atomic E-state index is 13.1. The molecule has 3 rings (SSSR count). The molecule has 1 aromatic carbocycles. The Morgan fingerprint density at radius 1 is 1.14 bits per heavy atom. The maximum atomic E-state index is 13.1. The molecule has 2 aromatic heterocycles. The summed E-state index contributed by atoms with van der Waals surface area (Å²) in [5.74, 6) is 0.895. The highest BCUT2D eigenvalue weighted by molar-refractivity contribution is 5.78. The van der Waals surface area contributed by atoms with Gasteiger partial charge in [0.25, 0.3) is 0 Å². The highest BCUT2D eigenvalue weighted by Gasteiger charge is 2.35. The van der Waals surface area contributed by atoms with Crippen LogP contribution in [0.15, 0.2) is 36.7 Å². The van der Waals surface area contributed by atoms with Crippen LogP contribution in [0.3, 0.4) is 0 Å². The van der Waals surface area contributed by atoms with Crippen molar-refractivity contribution in [3.05, 3.63) is 47.9 Å². The highest BCUT2D eigenvalue weighted by Crippen LogP contribution is 2.33. The van der Waals surface area contributed by atoms with Crippen LogP contribution in [0.4, 0.5) is 18.0 Å². The van der Waals surface area contributed by atoms with E-state index in [1.54, 1.807) is 39.0 Å². The van der Waals surface area contributed by atoms with Gasteiger partial charge in [-0.25, -0.2) is 14.3 Å². The fourth-order valence-electron chi connectivity index (χ4n) is 4.07. The summed E-state index contributed by atoms with van der Waals surface area (Å²) in [6.07, 6.45) is -2.10. The summed E-state index contributed by atoms with van der Waals surface area (Å²) in [7, 11) is 0. The first-order valence-corrected chi connectivity index (χ1v) is 11.7. The number of aromatic nitrogens is 3. The van der Waals surface area contributed by atoms with E-state index in [0.29, 0.717) is 29.2 Å². The Hall–Kier alpha value is -3.30. The second kappa shape index (κ2) is 9.99. The van der Waals surface area contributed by atoms with Gasteiger partial charge in [0, 0.05) is 11.8 Å². The van der Waals surface area contributed by atoms with Crippen molar-refractivity contribution in [3.8, 4) is 16.9 Å². The molecule has 3 aromatic rings. The van der Waals surface area contributed by atoms with Crippen LogP contribution in [0.1, 0.15) is 59.2 Å². The van der Waals surface area contributed by atoms with E-state index < -0.39 is 29.1 Å². The quantitative estimate of drug-likeness (QED) is 0.399. The largest absolute Gasteiger partial charge is 0.491 e. The van der Waals surface area contributed by atoms with E-state index in [9.17, 15) is 18.0 Å². The number of nitrogens with one attached hydrogen (secondary N) is 1. The predicted octanol–water partition coefficient (Wildman–Crippen LogP) is 6.43. The van der Waals surface area contributed by atoms with Gasteiger partial charge in [-0.05, 0) is 76.3 Å². The second-order valence-corrected chi connectivity index (χ2v) is 10.7. The molecule has 0 aliphatic carbocycles. The molecule has 0 saturated heterocycles. The number of imidazole rings is 1. The lowest BCUT2D eigenvalue weighted by Crippen LogP contribution is -2.52. The number of carbonyl (C=O) groups excluding carboxylic acids is 1. The number of halogens is 3. The Kier molecular flexibility index (Phi) is 7.57. The molecular weight excluding hydrogens is 473 g/mol. The molecule has 0 aliphatic rings. The van der Waals surface area contributed by atoms with Crippen LogP contribution in [0.25, 0.3) is 16.8 Å². The zero-order valence-corrected chi connectivity index (χ0v) is 21.7. The van der Waals surface area contributed by atoms with Crippen LogP contribution in [0.2, 0.25) is 0 Å². The van der Waals surface area contributed by atoms with Crippen LogP contribution < -0.4 is 10.1 Å². The monoisotopic (exact) mass is 506 g/mol. The summed E-state index contributed by atoms with van der Waals surface area (Å²) >= 11 is 0. The van der Waals surface area contributed by atoms with Gasteiger partial charge in [-0.15, -0.1) is 0 Å². The van der Waals surface area contributed by atoms with Crippen LogP contribution in [0, 0.1) is 12.8 Å². The molecule has 196 valence electrons. The SMILES string of the molecule is Cc1cc(-c2ccnn3cc(C(F)(F)F)nc23)ccc1OCC(C)(CC(C)C)NC(=O)OC(C)(C)C. The molecule has 0 saturated carbocycles. The molecule has 1 unspecified atom stereocenters. The molecule has 0 fully saturated rings. The lowest BCUT2D eigenvalue weighted by molar-refractivity contribution is -0.140. The van der Waals surface area contributed by atoms with E-state index in [2.05, 4.69) is 29.2 Å². The van der Waals surface area contributed by atoms with Gasteiger partial charge in [-0.2, -0.15) is 18.3 Å². The number of fused-ring (bicyclic) bond motifs is 1. The minimum Gasteiger partial charge on any atom is -0.491 e. The molecule has 1 atom stereocenters. The standard InChI is InChI=1S/C26H33F3N4O3/c1-16(2)13-25(7,32-23(34)36-24(4,5)6)15-35-20-9-8-18(12-17(20)3)19-10-11-30-33-14-21(26(27,28)29)31-22(19)33/h8-12,14,16H,13,15H2,1-7H3,(H,32,34). The van der Waals surface area contributed by atoms with Gasteiger partial charge in [-0.1, -0.05) is 19.9 Å². The van der Waals surface area contributed by atoms with Crippen LogP contribution in [-0.4, -0.2) is 38.4 Å². The summed E-state index contributed by atoms with van der Waals surface area (Å²) in [6.45, 7) is 13.5. The predicted molar refractivity (Wildman–Crippen MR) is 131 cm³/mol. The Morgan fingerprint density at radius 3 is 2.42 bits per heavy atom. The van der Waals surface area contributed by atoms with Gasteiger partial charge in [0.2, 0.25) is 0 Å². The van der Waals surface area contributed by atoms with Crippen LogP contribution in [0.5, 0.6) is 5.75 Å². The lowest BCUT2D eigenvalue weighted by Gasteiger charge is -2.33. The summed E-state index contributed by atoms with van der Waals surface area (Å²) in [4.78, 5) is 16.2. The molecule has 2 heterocycles. The van der Waals surface area contributed by atoms with Crippen molar-refractivity contribution in [1.82, 2.24) is 19.9 Å². The smallest absolute Gasteiger partial charge is 0.434 e. The summed E-state index contributed by atoms with van der Waals surface area (Å²) in [5.41, 5.74) is -0.193. The van der Waals surface area contributed by atoms with Crippen molar-refractivity contribution in [2.45, 2.75) is 72.2 Å². The number of ether oxygens (including phenoxy) is 2. The fourth-order valence-corrected chi connectivity index (χ4v) is 4.07. The molecule has 7 nitrogen and oxygen atoms in total. The normalized spacial score (nSPS) is 14.1. The molecular formula is C26H33F3N4O3. The number of nitrogens with zero attached hydrogens (tertiary/aromatic N) is 3. The Balaban J connectivity index is 1.82. The van der Waals surface area contributed by atoms with Crippen molar-refractivity contribution in [3.63, 3.8) is 0 Å². The number of rotatable bonds is 7. The zero-order chi connectivity index (χ0) is 26.9. The van der Waals surface area contributed by atoms with E-state index in [-0.39, 0.29) is 12.3 Å². The minimum atomic E-state index is -4.56. The highest BCUT2D eigenvalue weighted by atomic mass is 19.4. The zero-order valence-electron chi connectivity index (χ0n) is 21.7. The average Bonchev–Trinajstić information content (AvgIpc) is 3.15. The maximum Gasteiger partial charge on any atom is 0.434 e. The Morgan fingerprint density at radius 2 is 1.83 bits per heavy atom. The van der Waals surface area contributed by atoms with Crippen molar-refractivity contribution in [2.24, 2.45) is 5.92 Å². The Labute approximate surface area is 209 Å². The first-order valence-electron chi connectivity index (χ1n) is 11.7. The number of hydrogen-bond acceptors (Lipinski definition) is 5. The third-order valence-corrected chi connectivity index (χ3v) is 5.35. The van der Waals surface area contributed by atoms with E-state index in [1.165, 1.54) is 6.20 Å². The summed E-state index contributed by atoms with van der Waals surface area (Å²) in [6, 6.07) is 6.98. The van der Waals surface area contributed by atoms with Gasteiger partial charge in [-0.3, -0.25) is 0 Å². The third kappa shape index (κ3) is 6.89. The summed E-state index contributed by atoms with van der Waals surface area (Å²) < 4.78 is 52.1. The molecule has 36 heavy (non-hydrogen) atoms. The Bertz CT molecular complexity index is 1230. The van der Waals surface area contributed by atoms with Gasteiger partial charge in [0.15, 0.2) is 11.3 Å². The number of hydrogen-bond donors (Lipinski definition) is 1. The van der Waals surface area contributed by atoms with E-state index >= 15 is 0 Å². The van der Waals surface area contributed by atoms with Crippen molar-refractivity contribution in [2.75, 3.05) is 6.61 Å². The van der Waals surface area contributed by atoms with Gasteiger partial charge < -0.3 is 14.8 Å². The van der Waals surface area contributed by atoms with Crippen molar-refractivity contribution >= 4 is 11.7 Å². The first-order chi connectivity index (χ1) is 16.6. The van der Waals surface area contributed by atoms with Gasteiger partial charge >= 0.3 is 12.3 Å². The molecule has 0 radical (unpaired) electrons. The van der Waals surface area contributed by atoms with Crippen LogP contribution in [-0.2, 0) is 10.9 Å². The molecule has 1 amide bonds. The topological polar surface area (TPSA) is 77.8 Å². The minimum absolute atomic E-state index is 0.115. The molecule has 0 aliphatic heterocycles. The van der Waals surface area contributed by atoms with Crippen molar-refractivity contribution < 1.29 is 27.4 Å². The number of alkyl halides is 3. The average molecular weight is 507 g/mol. The van der Waals surface area contributed by atoms with E-state index in [0.717, 1.165) is 16.3 Å². The van der Waals surface area contributed by atoms with Crippen LogP contribution >= 0.6 is 0 Å². The second-order valence-electron chi connectivity index (χ2n) is 10.7. The molecule has 0 spiro atoms. The van der Waals surface area contributed by atoms with Gasteiger partial charge in [0.05, 0.1) is 11.7 Å². The molecule has 0 bridgehead atoms. The van der Waals surface area contributed by atoms with Gasteiger partial charge in [0.1, 0.15) is 18.0 Å². The number of amides is 1. The lowest BCUT2D eigenvalue weighted by atomic mass is 9.91. The van der Waals surface area contributed by atoms with Crippen molar-refractivity contribution in [1.29, 1.82) is 0 Å². The van der Waals surface area contributed by atoms with E-state index in [1.807, 2.05) is 19.9 Å². The number of aryl methyl sites for hydroxylation is 1. The summed E-state index contributed by atoms with van der Waals surface area (Å²) in [5, 5.41) is 6.90. The first kappa shape index (κ1) is 27.3. The number of alkyl carbamates (subject to hydrolysis) is 1. The fraction of sp³-hybridized carbons (Fsp3) is 0.500.